The Bertz CT molecular complexity index is 615. The maximum Gasteiger partial charge on any atom is 0.191 e. The first-order chi connectivity index (χ1) is 13.6. The van der Waals surface area contributed by atoms with Crippen molar-refractivity contribution in [1.82, 2.24) is 10.6 Å². The van der Waals surface area contributed by atoms with Crippen molar-refractivity contribution in [1.29, 1.82) is 0 Å². The average molecular weight is 523 g/mol. The van der Waals surface area contributed by atoms with E-state index in [0.717, 1.165) is 31.6 Å². The number of guanidine groups is 1. The zero-order valence-electron chi connectivity index (χ0n) is 17.7. The van der Waals surface area contributed by atoms with Crippen LogP contribution in [0.25, 0.3) is 0 Å². The van der Waals surface area contributed by atoms with Crippen molar-refractivity contribution >= 4 is 29.9 Å². The summed E-state index contributed by atoms with van der Waals surface area (Å²) in [7, 11) is 3.39. The summed E-state index contributed by atoms with van der Waals surface area (Å²) in [6.45, 7) is 5.37. The van der Waals surface area contributed by atoms with Gasteiger partial charge in [-0.3, -0.25) is 4.99 Å². The van der Waals surface area contributed by atoms with Crippen LogP contribution in [0.4, 0.5) is 4.39 Å². The number of benzene rings is 1. The Hall–Kier alpha value is -1.13. The summed E-state index contributed by atoms with van der Waals surface area (Å²) in [6.07, 6.45) is 4.32. The molecule has 0 radical (unpaired) electrons. The second-order valence-corrected chi connectivity index (χ2v) is 7.12. The molecule has 6 nitrogen and oxygen atoms in total. The number of methoxy groups -OCH3 is 1. The summed E-state index contributed by atoms with van der Waals surface area (Å²) in [6, 6.07) is 5.07. The van der Waals surface area contributed by atoms with Gasteiger partial charge in [-0.15, -0.1) is 24.0 Å². The Morgan fingerprint density at radius 2 is 2.03 bits per heavy atom. The lowest BCUT2D eigenvalue weighted by Crippen LogP contribution is -2.39. The Morgan fingerprint density at radius 1 is 1.24 bits per heavy atom. The van der Waals surface area contributed by atoms with E-state index in [4.69, 9.17) is 14.2 Å². The maximum absolute atomic E-state index is 14.3. The molecule has 0 aromatic heterocycles. The molecule has 2 rings (SSSR count). The third-order valence-corrected chi connectivity index (χ3v) is 4.64. The largest absolute Gasteiger partial charge is 0.490 e. The molecule has 0 saturated heterocycles. The summed E-state index contributed by atoms with van der Waals surface area (Å²) >= 11 is 0. The predicted octanol–water partition coefficient (Wildman–Crippen LogP) is 3.90. The maximum atomic E-state index is 14.3. The summed E-state index contributed by atoms with van der Waals surface area (Å²) in [5.41, 5.74) is 0.853. The van der Waals surface area contributed by atoms with Crippen LogP contribution in [-0.4, -0.2) is 53.1 Å². The van der Waals surface area contributed by atoms with Crippen molar-refractivity contribution in [3.63, 3.8) is 0 Å². The molecule has 1 atom stereocenters. The van der Waals surface area contributed by atoms with E-state index in [2.05, 4.69) is 15.6 Å². The first-order valence-corrected chi connectivity index (χ1v) is 10.1. The van der Waals surface area contributed by atoms with Gasteiger partial charge in [-0.2, -0.15) is 0 Å². The lowest BCUT2D eigenvalue weighted by atomic mass is 10.1. The van der Waals surface area contributed by atoms with Gasteiger partial charge < -0.3 is 24.8 Å². The van der Waals surface area contributed by atoms with Crippen LogP contribution in [0.15, 0.2) is 23.2 Å². The second-order valence-electron chi connectivity index (χ2n) is 7.12. The minimum atomic E-state index is -0.316. The smallest absolute Gasteiger partial charge is 0.191 e. The van der Waals surface area contributed by atoms with E-state index in [9.17, 15) is 4.39 Å². The number of nitrogens with zero attached hydrogens (tertiary/aromatic N) is 1. The van der Waals surface area contributed by atoms with Crippen LogP contribution in [0.1, 0.15) is 44.2 Å². The van der Waals surface area contributed by atoms with Gasteiger partial charge in [0.2, 0.25) is 0 Å². The van der Waals surface area contributed by atoms with E-state index in [1.165, 1.54) is 18.9 Å². The number of nitrogens with one attached hydrogen (secondary N) is 2. The van der Waals surface area contributed by atoms with E-state index < -0.39 is 0 Å². The molecule has 0 spiro atoms. The van der Waals surface area contributed by atoms with Gasteiger partial charge in [-0.1, -0.05) is 6.07 Å². The van der Waals surface area contributed by atoms with Crippen LogP contribution in [0.3, 0.4) is 0 Å². The van der Waals surface area contributed by atoms with Crippen LogP contribution >= 0.6 is 24.0 Å². The standard InChI is InChI=1S/C21H34FN3O3.HI/c1-16(18-8-9-20(19(22)14-18)28-15-17-6-7-17)25-21(23-2)24-10-4-5-11-27-13-12-26-3;/h8-9,14,16-17H,4-7,10-13,15H2,1-3H3,(H2,23,24,25);1H. The van der Waals surface area contributed by atoms with Gasteiger partial charge >= 0.3 is 0 Å². The molecule has 0 bridgehead atoms. The monoisotopic (exact) mass is 523 g/mol. The quantitative estimate of drug-likeness (QED) is 0.178. The van der Waals surface area contributed by atoms with Gasteiger partial charge in [0.15, 0.2) is 17.5 Å². The second kappa shape index (κ2) is 14.8. The first-order valence-electron chi connectivity index (χ1n) is 10.1. The molecule has 1 saturated carbocycles. The van der Waals surface area contributed by atoms with Gasteiger partial charge in [0.1, 0.15) is 0 Å². The molecule has 1 aliphatic carbocycles. The minimum Gasteiger partial charge on any atom is -0.490 e. The lowest BCUT2D eigenvalue weighted by molar-refractivity contribution is 0.0689. The van der Waals surface area contributed by atoms with Gasteiger partial charge in [-0.25, -0.2) is 4.39 Å². The first kappa shape index (κ1) is 25.9. The third kappa shape index (κ3) is 10.5. The number of hydrogen-bond donors (Lipinski definition) is 2. The van der Waals surface area contributed by atoms with Gasteiger partial charge in [0, 0.05) is 27.3 Å². The highest BCUT2D eigenvalue weighted by molar-refractivity contribution is 14.0. The molecule has 0 aliphatic heterocycles. The molecule has 1 aromatic rings. The number of ether oxygens (including phenoxy) is 3. The Kier molecular flexibility index (Phi) is 13.2. The zero-order valence-corrected chi connectivity index (χ0v) is 20.0. The average Bonchev–Trinajstić information content (AvgIpc) is 3.52. The zero-order chi connectivity index (χ0) is 20.2. The molecule has 0 heterocycles. The van der Waals surface area contributed by atoms with Crippen LogP contribution in [-0.2, 0) is 9.47 Å². The molecule has 8 heteroatoms. The van der Waals surface area contributed by atoms with Crippen LogP contribution in [0, 0.1) is 11.7 Å². The fourth-order valence-electron chi connectivity index (χ4n) is 2.66. The molecular formula is C21H35FIN3O3. The summed E-state index contributed by atoms with van der Waals surface area (Å²) in [4.78, 5) is 4.24. The highest BCUT2D eigenvalue weighted by atomic mass is 127. The van der Waals surface area contributed by atoms with Crippen molar-refractivity contribution in [2.75, 3.05) is 47.1 Å². The van der Waals surface area contributed by atoms with Crippen molar-refractivity contribution in [3.05, 3.63) is 29.6 Å². The van der Waals surface area contributed by atoms with Gasteiger partial charge in [0.05, 0.1) is 25.9 Å². The highest BCUT2D eigenvalue weighted by Crippen LogP contribution is 2.30. The minimum absolute atomic E-state index is 0. The number of unbranched alkanes of at least 4 members (excludes halogenated alkanes) is 1. The molecule has 2 N–H and O–H groups in total. The summed E-state index contributed by atoms with van der Waals surface area (Å²) in [5, 5.41) is 6.57. The number of rotatable bonds is 13. The summed E-state index contributed by atoms with van der Waals surface area (Å²) in [5.74, 6) is 1.31. The molecule has 1 fully saturated rings. The fourth-order valence-corrected chi connectivity index (χ4v) is 2.66. The van der Waals surface area contributed by atoms with E-state index in [1.807, 2.05) is 13.0 Å². The van der Waals surface area contributed by atoms with Crippen molar-refractivity contribution < 1.29 is 18.6 Å². The molecule has 1 unspecified atom stereocenters. The lowest BCUT2D eigenvalue weighted by Gasteiger charge is -2.19. The van der Waals surface area contributed by atoms with Crippen molar-refractivity contribution in [2.24, 2.45) is 10.9 Å². The van der Waals surface area contributed by atoms with E-state index in [-0.39, 0.29) is 35.8 Å². The van der Waals surface area contributed by atoms with Gasteiger partial charge in [-0.05, 0) is 56.2 Å². The fraction of sp³-hybridized carbons (Fsp3) is 0.667. The number of hydrogen-bond acceptors (Lipinski definition) is 4. The Labute approximate surface area is 191 Å². The number of aliphatic imine (C=N–C) groups is 1. The topological polar surface area (TPSA) is 64.1 Å². The molecular weight excluding hydrogens is 488 g/mol. The van der Waals surface area contributed by atoms with E-state index in [1.54, 1.807) is 20.2 Å². The van der Waals surface area contributed by atoms with Crippen LogP contribution in [0.2, 0.25) is 0 Å². The molecule has 29 heavy (non-hydrogen) atoms. The molecule has 166 valence electrons. The molecule has 1 aromatic carbocycles. The molecule has 0 amide bonds. The predicted molar refractivity (Wildman–Crippen MR) is 125 cm³/mol. The summed E-state index contributed by atoms with van der Waals surface area (Å²) < 4.78 is 30.2. The van der Waals surface area contributed by atoms with Crippen LogP contribution < -0.4 is 15.4 Å². The normalized spacial score (nSPS) is 14.8. The Balaban J connectivity index is 0.00000420. The third-order valence-electron chi connectivity index (χ3n) is 4.64. The van der Waals surface area contributed by atoms with Crippen molar-refractivity contribution in [2.45, 2.75) is 38.6 Å². The SMILES string of the molecule is CN=C(NCCCCOCCOC)NC(C)c1ccc(OCC2CC2)c(F)c1.I. The Morgan fingerprint density at radius 3 is 2.69 bits per heavy atom. The molecule has 1 aliphatic rings. The van der Waals surface area contributed by atoms with Gasteiger partial charge in [0.25, 0.3) is 0 Å². The van der Waals surface area contributed by atoms with E-state index in [0.29, 0.717) is 37.4 Å². The van der Waals surface area contributed by atoms with Crippen LogP contribution in [0.5, 0.6) is 5.75 Å². The highest BCUT2D eigenvalue weighted by Gasteiger charge is 2.22. The van der Waals surface area contributed by atoms with Crippen molar-refractivity contribution in [3.8, 4) is 5.75 Å². The number of halogens is 2. The van der Waals surface area contributed by atoms with E-state index >= 15 is 0 Å².